The van der Waals surface area contributed by atoms with E-state index in [4.69, 9.17) is 28.3 Å². The minimum atomic E-state index is -3.85. The molecule has 0 aliphatic heterocycles. The predicted octanol–water partition coefficient (Wildman–Crippen LogP) is 3.07. The number of hydrogen-bond acceptors (Lipinski definition) is 3. The second-order valence-electron chi connectivity index (χ2n) is 5.60. The fourth-order valence-corrected chi connectivity index (χ4v) is 4.40. The fraction of sp³-hybridized carbons (Fsp3) is 0.538. The Bertz CT molecular complexity index is 547. The van der Waals surface area contributed by atoms with E-state index in [1.807, 2.05) is 20.8 Å². The zero-order valence-electron chi connectivity index (χ0n) is 11.7. The summed E-state index contributed by atoms with van der Waals surface area (Å²) >= 11 is 11.9. The summed E-state index contributed by atoms with van der Waals surface area (Å²) in [5.41, 5.74) is -0.344. The minimum absolute atomic E-state index is 0.0710. The molecular formula is C13H19Cl2NO3S. The Balaban J connectivity index is 3.17. The SMILES string of the molecule is CC(C)(C)C(CCO)NS(=O)(=O)c1c(Cl)cccc1Cl. The molecule has 0 radical (unpaired) electrons. The number of halogens is 2. The number of aliphatic hydroxyl groups is 1. The van der Waals surface area contributed by atoms with Crippen LogP contribution in [0.5, 0.6) is 0 Å². The molecule has 1 aromatic carbocycles. The van der Waals surface area contributed by atoms with Crippen LogP contribution in [0.3, 0.4) is 0 Å². The van der Waals surface area contributed by atoms with Gasteiger partial charge in [0.15, 0.2) is 0 Å². The van der Waals surface area contributed by atoms with Gasteiger partial charge in [0.1, 0.15) is 4.90 Å². The van der Waals surface area contributed by atoms with Gasteiger partial charge in [-0.05, 0) is 24.0 Å². The normalized spacial score (nSPS) is 14.3. The van der Waals surface area contributed by atoms with Crippen molar-refractivity contribution in [3.8, 4) is 0 Å². The van der Waals surface area contributed by atoms with Crippen LogP contribution in [0, 0.1) is 5.41 Å². The van der Waals surface area contributed by atoms with Crippen LogP contribution in [0.15, 0.2) is 23.1 Å². The van der Waals surface area contributed by atoms with Crippen molar-refractivity contribution in [3.05, 3.63) is 28.2 Å². The molecule has 1 aromatic rings. The maximum absolute atomic E-state index is 12.4. The highest BCUT2D eigenvalue weighted by atomic mass is 35.5. The summed E-state index contributed by atoms with van der Waals surface area (Å²) in [4.78, 5) is -0.129. The fourth-order valence-electron chi connectivity index (χ4n) is 1.78. The van der Waals surface area contributed by atoms with E-state index in [0.717, 1.165) is 0 Å². The molecule has 20 heavy (non-hydrogen) atoms. The van der Waals surface area contributed by atoms with Gasteiger partial charge in [-0.2, -0.15) is 0 Å². The van der Waals surface area contributed by atoms with Gasteiger partial charge in [-0.1, -0.05) is 50.0 Å². The summed E-state index contributed by atoms with van der Waals surface area (Å²) in [5.74, 6) is 0. The van der Waals surface area contributed by atoms with Gasteiger partial charge in [-0.25, -0.2) is 13.1 Å². The maximum Gasteiger partial charge on any atom is 0.243 e. The number of hydrogen-bond donors (Lipinski definition) is 2. The zero-order chi connectivity index (χ0) is 15.6. The van der Waals surface area contributed by atoms with Crippen LogP contribution in [-0.4, -0.2) is 26.2 Å². The van der Waals surface area contributed by atoms with Crippen molar-refractivity contribution < 1.29 is 13.5 Å². The highest BCUT2D eigenvalue weighted by Gasteiger charge is 2.31. The van der Waals surface area contributed by atoms with Gasteiger partial charge in [-0.3, -0.25) is 0 Å². The maximum atomic E-state index is 12.4. The Morgan fingerprint density at radius 1 is 1.25 bits per heavy atom. The van der Waals surface area contributed by atoms with Crippen LogP contribution in [0.4, 0.5) is 0 Å². The molecule has 1 unspecified atom stereocenters. The molecule has 0 spiro atoms. The van der Waals surface area contributed by atoms with Crippen molar-refractivity contribution in [2.45, 2.75) is 38.1 Å². The molecular weight excluding hydrogens is 321 g/mol. The van der Waals surface area contributed by atoms with Crippen LogP contribution in [0.2, 0.25) is 10.0 Å². The van der Waals surface area contributed by atoms with Gasteiger partial charge < -0.3 is 5.11 Å². The highest BCUT2D eigenvalue weighted by Crippen LogP contribution is 2.31. The summed E-state index contributed by atoms with van der Waals surface area (Å²) < 4.78 is 27.5. The second kappa shape index (κ2) is 6.62. The molecule has 0 aliphatic rings. The van der Waals surface area contributed by atoms with Gasteiger partial charge in [0, 0.05) is 12.6 Å². The predicted molar refractivity (Wildman–Crippen MR) is 81.7 cm³/mol. The van der Waals surface area contributed by atoms with Crippen molar-refractivity contribution >= 4 is 33.2 Å². The lowest BCUT2D eigenvalue weighted by molar-refractivity contribution is 0.214. The third kappa shape index (κ3) is 4.33. The first kappa shape index (κ1) is 17.7. The van der Waals surface area contributed by atoms with E-state index in [0.29, 0.717) is 6.42 Å². The molecule has 0 heterocycles. The van der Waals surface area contributed by atoms with E-state index < -0.39 is 16.1 Å². The third-order valence-electron chi connectivity index (χ3n) is 2.95. The monoisotopic (exact) mass is 339 g/mol. The quantitative estimate of drug-likeness (QED) is 0.866. The lowest BCUT2D eigenvalue weighted by atomic mass is 9.86. The van der Waals surface area contributed by atoms with E-state index in [1.165, 1.54) is 12.1 Å². The molecule has 4 nitrogen and oxygen atoms in total. The van der Waals surface area contributed by atoms with E-state index in [2.05, 4.69) is 4.72 Å². The van der Waals surface area contributed by atoms with Crippen molar-refractivity contribution in [2.75, 3.05) is 6.61 Å². The van der Waals surface area contributed by atoms with Gasteiger partial charge >= 0.3 is 0 Å². The number of nitrogens with one attached hydrogen (secondary N) is 1. The summed E-state index contributed by atoms with van der Waals surface area (Å²) in [5, 5.41) is 9.23. The van der Waals surface area contributed by atoms with Crippen LogP contribution in [0.25, 0.3) is 0 Å². The summed E-state index contributed by atoms with van der Waals surface area (Å²) in [6.07, 6.45) is 0.310. The van der Waals surface area contributed by atoms with Crippen molar-refractivity contribution in [1.29, 1.82) is 0 Å². The molecule has 2 N–H and O–H groups in total. The first-order valence-corrected chi connectivity index (χ1v) is 8.40. The Kier molecular flexibility index (Phi) is 5.87. The molecule has 0 aromatic heterocycles. The van der Waals surface area contributed by atoms with Crippen LogP contribution in [-0.2, 0) is 10.0 Å². The van der Waals surface area contributed by atoms with Crippen molar-refractivity contribution in [2.24, 2.45) is 5.41 Å². The number of sulfonamides is 1. The van der Waals surface area contributed by atoms with Gasteiger partial charge in [-0.15, -0.1) is 0 Å². The number of rotatable bonds is 5. The molecule has 0 saturated carbocycles. The van der Waals surface area contributed by atoms with E-state index in [9.17, 15) is 8.42 Å². The minimum Gasteiger partial charge on any atom is -0.396 e. The van der Waals surface area contributed by atoms with Gasteiger partial charge in [0.25, 0.3) is 0 Å². The molecule has 1 atom stereocenters. The summed E-state index contributed by atoms with van der Waals surface area (Å²) in [6.45, 7) is 5.57. The number of benzene rings is 1. The molecule has 7 heteroatoms. The highest BCUT2D eigenvalue weighted by molar-refractivity contribution is 7.89. The molecule has 0 aliphatic carbocycles. The zero-order valence-corrected chi connectivity index (χ0v) is 14.0. The lowest BCUT2D eigenvalue weighted by Gasteiger charge is -2.31. The Labute approximate surface area is 130 Å². The third-order valence-corrected chi connectivity index (χ3v) is 5.37. The molecule has 0 fully saturated rings. The van der Waals surface area contributed by atoms with E-state index >= 15 is 0 Å². The molecule has 0 amide bonds. The van der Waals surface area contributed by atoms with Gasteiger partial charge in [0.05, 0.1) is 10.0 Å². The molecule has 0 bridgehead atoms. The standard InChI is InChI=1S/C13H19Cl2NO3S/c1-13(2,3)11(7-8-17)16-20(18,19)12-9(14)5-4-6-10(12)15/h4-6,11,16-17H,7-8H2,1-3H3. The van der Waals surface area contributed by atoms with Crippen molar-refractivity contribution in [1.82, 2.24) is 4.72 Å². The average molecular weight is 340 g/mol. The second-order valence-corrected chi connectivity index (χ2v) is 8.07. The molecule has 114 valence electrons. The Morgan fingerprint density at radius 3 is 2.15 bits per heavy atom. The Hall–Kier alpha value is -0.330. The molecule has 0 saturated heterocycles. The Morgan fingerprint density at radius 2 is 1.75 bits per heavy atom. The van der Waals surface area contributed by atoms with E-state index in [1.54, 1.807) is 6.07 Å². The van der Waals surface area contributed by atoms with Gasteiger partial charge in [0.2, 0.25) is 10.0 Å². The van der Waals surface area contributed by atoms with Crippen LogP contribution < -0.4 is 4.72 Å². The van der Waals surface area contributed by atoms with Crippen molar-refractivity contribution in [3.63, 3.8) is 0 Å². The van der Waals surface area contributed by atoms with E-state index in [-0.39, 0.29) is 27.0 Å². The van der Waals surface area contributed by atoms with Crippen LogP contribution >= 0.6 is 23.2 Å². The average Bonchev–Trinajstić information content (AvgIpc) is 2.26. The van der Waals surface area contributed by atoms with Crippen LogP contribution in [0.1, 0.15) is 27.2 Å². The first-order chi connectivity index (χ1) is 9.09. The largest absolute Gasteiger partial charge is 0.396 e. The topological polar surface area (TPSA) is 66.4 Å². The molecule has 1 rings (SSSR count). The first-order valence-electron chi connectivity index (χ1n) is 6.17. The summed E-state index contributed by atoms with van der Waals surface area (Å²) in [6, 6.07) is 4.10. The lowest BCUT2D eigenvalue weighted by Crippen LogP contribution is -2.44. The summed E-state index contributed by atoms with van der Waals surface area (Å²) in [7, 11) is -3.85. The smallest absolute Gasteiger partial charge is 0.243 e. The number of aliphatic hydroxyl groups excluding tert-OH is 1.